The number of hydrogen-bond donors (Lipinski definition) is 0. The van der Waals surface area contributed by atoms with Gasteiger partial charge in [0.25, 0.3) is 11.5 Å². The molecule has 0 aliphatic heterocycles. The monoisotopic (exact) mass is 380 g/mol. The Morgan fingerprint density at radius 2 is 1.67 bits per heavy atom. The van der Waals surface area contributed by atoms with Gasteiger partial charge in [0.2, 0.25) is 0 Å². The minimum absolute atomic E-state index is 0.150. The van der Waals surface area contributed by atoms with Crippen LogP contribution in [-0.2, 0) is 6.54 Å². The second kappa shape index (κ2) is 7.80. The van der Waals surface area contributed by atoms with Crippen molar-refractivity contribution in [1.82, 2.24) is 4.57 Å². The van der Waals surface area contributed by atoms with Crippen molar-refractivity contribution in [1.29, 1.82) is 0 Å². The quantitative estimate of drug-likeness (QED) is 0.671. The smallest absolute Gasteiger partial charge is 0.263 e. The van der Waals surface area contributed by atoms with Crippen molar-refractivity contribution in [2.24, 2.45) is 0 Å². The zero-order valence-electron chi connectivity index (χ0n) is 15.6. The third-order valence-electron chi connectivity index (χ3n) is 4.78. The molecule has 1 heterocycles. The zero-order valence-corrected chi connectivity index (χ0v) is 16.3. The number of hydrogen-bond acceptors (Lipinski definition) is 2. The number of rotatable bonds is 4. The van der Waals surface area contributed by atoms with Crippen LogP contribution in [0, 0.1) is 13.8 Å². The third kappa shape index (κ3) is 3.81. The molecule has 2 aromatic carbocycles. The molecular formula is C22H21ClN2O2. The number of pyridine rings is 1. The molecule has 0 aliphatic rings. The van der Waals surface area contributed by atoms with E-state index in [9.17, 15) is 9.59 Å². The topological polar surface area (TPSA) is 42.3 Å². The highest BCUT2D eigenvalue weighted by Crippen LogP contribution is 2.19. The fourth-order valence-electron chi connectivity index (χ4n) is 2.98. The van der Waals surface area contributed by atoms with E-state index >= 15 is 0 Å². The van der Waals surface area contributed by atoms with Crippen LogP contribution in [0.3, 0.4) is 0 Å². The van der Waals surface area contributed by atoms with Gasteiger partial charge in [0.15, 0.2) is 0 Å². The summed E-state index contributed by atoms with van der Waals surface area (Å²) in [5.41, 5.74) is 3.11. The summed E-state index contributed by atoms with van der Waals surface area (Å²) in [6, 6.07) is 18.3. The SMILES string of the molecule is Cc1cc(C(=O)N(C)c2ccccc2)c(=O)n(Cc2ccccc2Cl)c1C. The van der Waals surface area contributed by atoms with Crippen LogP contribution in [-0.4, -0.2) is 17.5 Å². The van der Waals surface area contributed by atoms with Crippen molar-refractivity contribution in [3.63, 3.8) is 0 Å². The van der Waals surface area contributed by atoms with Gasteiger partial charge in [-0.25, -0.2) is 0 Å². The molecule has 4 nitrogen and oxygen atoms in total. The fraction of sp³-hybridized carbons (Fsp3) is 0.182. The van der Waals surface area contributed by atoms with Crippen molar-refractivity contribution < 1.29 is 4.79 Å². The predicted molar refractivity (Wildman–Crippen MR) is 110 cm³/mol. The van der Waals surface area contributed by atoms with Gasteiger partial charge in [-0.2, -0.15) is 0 Å². The van der Waals surface area contributed by atoms with Crippen molar-refractivity contribution in [2.45, 2.75) is 20.4 Å². The number of carbonyl (C=O) groups excluding carboxylic acids is 1. The van der Waals surface area contributed by atoms with Crippen molar-refractivity contribution in [3.05, 3.63) is 98.4 Å². The van der Waals surface area contributed by atoms with Crippen LogP contribution in [0.5, 0.6) is 0 Å². The summed E-state index contributed by atoms with van der Waals surface area (Å²) in [4.78, 5) is 27.6. The molecule has 3 rings (SSSR count). The van der Waals surface area contributed by atoms with E-state index in [0.29, 0.717) is 11.6 Å². The lowest BCUT2D eigenvalue weighted by Gasteiger charge is -2.20. The number of halogens is 1. The molecule has 1 amide bonds. The second-order valence-corrected chi connectivity index (χ2v) is 6.92. The van der Waals surface area contributed by atoms with Gasteiger partial charge in [0.05, 0.1) is 6.54 Å². The maximum Gasteiger partial charge on any atom is 0.263 e. The molecular weight excluding hydrogens is 360 g/mol. The Balaban J connectivity index is 2.05. The van der Waals surface area contributed by atoms with Crippen LogP contribution in [0.1, 0.15) is 27.2 Å². The molecule has 0 unspecified atom stereocenters. The number of aryl methyl sites for hydroxylation is 1. The first-order valence-electron chi connectivity index (χ1n) is 8.67. The van der Waals surface area contributed by atoms with Gasteiger partial charge in [0, 0.05) is 23.5 Å². The van der Waals surface area contributed by atoms with E-state index in [1.807, 2.05) is 62.4 Å². The average molecular weight is 381 g/mol. The Hall–Kier alpha value is -2.85. The lowest BCUT2D eigenvalue weighted by Crippen LogP contribution is -2.35. The zero-order chi connectivity index (χ0) is 19.6. The Morgan fingerprint density at radius 3 is 2.33 bits per heavy atom. The average Bonchev–Trinajstić information content (AvgIpc) is 2.69. The summed E-state index contributed by atoms with van der Waals surface area (Å²) in [7, 11) is 1.67. The molecule has 0 saturated heterocycles. The number of carbonyl (C=O) groups is 1. The number of nitrogens with zero attached hydrogens (tertiary/aromatic N) is 2. The summed E-state index contributed by atoms with van der Waals surface area (Å²) < 4.78 is 1.61. The minimum Gasteiger partial charge on any atom is -0.311 e. The summed E-state index contributed by atoms with van der Waals surface area (Å²) in [5, 5.41) is 0.597. The number of aromatic nitrogens is 1. The van der Waals surface area contributed by atoms with Crippen LogP contribution in [0.15, 0.2) is 65.5 Å². The van der Waals surface area contributed by atoms with Gasteiger partial charge >= 0.3 is 0 Å². The Labute approximate surface area is 163 Å². The molecule has 0 N–H and O–H groups in total. The van der Waals surface area contributed by atoms with E-state index in [0.717, 1.165) is 22.5 Å². The van der Waals surface area contributed by atoms with Crippen molar-refractivity contribution in [3.8, 4) is 0 Å². The van der Waals surface area contributed by atoms with Gasteiger partial charge in [0.1, 0.15) is 5.56 Å². The standard InChI is InChI=1S/C22H21ClN2O2/c1-15-13-19(21(26)24(3)18-10-5-4-6-11-18)22(27)25(16(15)2)14-17-9-7-8-12-20(17)23/h4-13H,14H2,1-3H3. The van der Waals surface area contributed by atoms with Gasteiger partial charge in [-0.05, 0) is 49.2 Å². The van der Waals surface area contributed by atoms with E-state index in [1.54, 1.807) is 23.7 Å². The van der Waals surface area contributed by atoms with E-state index < -0.39 is 0 Å². The molecule has 0 fully saturated rings. The predicted octanol–water partition coefficient (Wildman–Crippen LogP) is 4.44. The van der Waals surface area contributed by atoms with Crippen LogP contribution >= 0.6 is 11.6 Å². The summed E-state index contributed by atoms with van der Waals surface area (Å²) in [5.74, 6) is -0.331. The summed E-state index contributed by atoms with van der Waals surface area (Å²) >= 11 is 6.26. The second-order valence-electron chi connectivity index (χ2n) is 6.51. The lowest BCUT2D eigenvalue weighted by molar-refractivity contribution is 0.0991. The maximum atomic E-state index is 13.1. The maximum absolute atomic E-state index is 13.1. The highest BCUT2D eigenvalue weighted by atomic mass is 35.5. The van der Waals surface area contributed by atoms with E-state index in [-0.39, 0.29) is 17.0 Å². The van der Waals surface area contributed by atoms with E-state index in [1.165, 1.54) is 4.90 Å². The van der Waals surface area contributed by atoms with Crippen LogP contribution in [0.2, 0.25) is 5.02 Å². The first-order chi connectivity index (χ1) is 12.9. The van der Waals surface area contributed by atoms with Gasteiger partial charge in [-0.1, -0.05) is 48.0 Å². The summed E-state index contributed by atoms with van der Waals surface area (Å²) in [6.45, 7) is 4.10. The number of anilines is 1. The normalized spacial score (nSPS) is 10.7. The van der Waals surface area contributed by atoms with Gasteiger partial charge in [-0.3, -0.25) is 9.59 Å². The van der Waals surface area contributed by atoms with E-state index in [4.69, 9.17) is 11.6 Å². The molecule has 27 heavy (non-hydrogen) atoms. The molecule has 0 bridgehead atoms. The molecule has 3 aromatic rings. The molecule has 1 aromatic heterocycles. The van der Waals surface area contributed by atoms with E-state index in [2.05, 4.69) is 0 Å². The highest BCUT2D eigenvalue weighted by molar-refractivity contribution is 6.31. The van der Waals surface area contributed by atoms with Crippen molar-refractivity contribution >= 4 is 23.2 Å². The van der Waals surface area contributed by atoms with Crippen LogP contribution in [0.25, 0.3) is 0 Å². The molecule has 5 heteroatoms. The first-order valence-corrected chi connectivity index (χ1v) is 9.05. The lowest BCUT2D eigenvalue weighted by atomic mass is 10.1. The summed E-state index contributed by atoms with van der Waals surface area (Å²) in [6.07, 6.45) is 0. The van der Waals surface area contributed by atoms with Crippen LogP contribution in [0.4, 0.5) is 5.69 Å². The van der Waals surface area contributed by atoms with Gasteiger partial charge in [-0.15, -0.1) is 0 Å². The first kappa shape index (κ1) is 18.9. The fourth-order valence-corrected chi connectivity index (χ4v) is 3.18. The third-order valence-corrected chi connectivity index (χ3v) is 5.15. The van der Waals surface area contributed by atoms with Gasteiger partial charge < -0.3 is 9.47 Å². The molecule has 0 spiro atoms. The van der Waals surface area contributed by atoms with Crippen molar-refractivity contribution in [2.75, 3.05) is 11.9 Å². The number of para-hydroxylation sites is 1. The largest absolute Gasteiger partial charge is 0.311 e. The molecule has 0 atom stereocenters. The Kier molecular flexibility index (Phi) is 5.47. The minimum atomic E-state index is -0.331. The van der Waals surface area contributed by atoms with Crippen LogP contribution < -0.4 is 10.5 Å². The molecule has 0 aliphatic carbocycles. The molecule has 0 radical (unpaired) electrons. The highest BCUT2D eigenvalue weighted by Gasteiger charge is 2.20. The molecule has 0 saturated carbocycles. The number of benzene rings is 2. The Morgan fingerprint density at radius 1 is 1.04 bits per heavy atom. The Bertz CT molecular complexity index is 1040. The number of amides is 1. The molecule has 138 valence electrons.